The van der Waals surface area contributed by atoms with E-state index < -0.39 is 11.9 Å². The van der Waals surface area contributed by atoms with Crippen molar-refractivity contribution in [3.05, 3.63) is 12.7 Å². The standard InChI is InChI=1S/C7H13N.C2H2O4.HI.Pt/c1-6-4-2-3-5-7(6)8;3-1(4)2(5)6;;/h6-8H,1-5H2;(H,3,4)(H,5,6);1H;/q-2;;;+1/p-3/t6-,7-;;;/m1.../s1. The van der Waals surface area contributed by atoms with Gasteiger partial charge in [-0.25, -0.2) is 0 Å². The van der Waals surface area contributed by atoms with Gasteiger partial charge in [-0.1, -0.05) is 25.7 Å². The van der Waals surface area contributed by atoms with Gasteiger partial charge in [-0.2, -0.15) is 12.0 Å². The van der Waals surface area contributed by atoms with Crippen LogP contribution in [0.25, 0.3) is 5.73 Å². The van der Waals surface area contributed by atoms with E-state index in [9.17, 15) is 0 Å². The van der Waals surface area contributed by atoms with Gasteiger partial charge in [0, 0.05) is 0 Å². The molecule has 0 aromatic heterocycles. The monoisotopic (exact) mass is 521 g/mol. The second-order valence-corrected chi connectivity index (χ2v) is 3.23. The second-order valence-electron chi connectivity index (χ2n) is 3.23. The van der Waals surface area contributed by atoms with E-state index in [1.54, 1.807) is 0 Å². The van der Waals surface area contributed by atoms with Crippen LogP contribution in [-0.2, 0) is 25.7 Å². The Morgan fingerprint density at radius 1 is 1.19 bits per heavy atom. The number of carbonyl (C=O) groups is 2. The Morgan fingerprint density at radius 2 is 1.56 bits per heavy atom. The number of halogens is 1. The first-order valence-electron chi connectivity index (χ1n) is 4.53. The quantitative estimate of drug-likeness (QED) is 0.250. The summed E-state index contributed by atoms with van der Waals surface area (Å²) in [6.07, 6.45) is 4.80. The Hall–Kier alpha value is 0.318. The van der Waals surface area contributed by atoms with Crippen molar-refractivity contribution < 1.29 is 35.9 Å². The van der Waals surface area contributed by atoms with Crippen molar-refractivity contribution in [2.45, 2.75) is 31.7 Å². The Balaban J connectivity index is 0. The summed E-state index contributed by atoms with van der Waals surface area (Å²) in [5, 5.41) is 17.9. The molecule has 0 radical (unpaired) electrons. The molecule has 7 heteroatoms. The van der Waals surface area contributed by atoms with Crippen molar-refractivity contribution in [3.63, 3.8) is 0 Å². The molecule has 0 heterocycles. The summed E-state index contributed by atoms with van der Waals surface area (Å²) in [7, 11) is 0. The molecule has 5 nitrogen and oxygen atoms in total. The van der Waals surface area contributed by atoms with Gasteiger partial charge in [-0.3, -0.25) is 0 Å². The number of hydrogen-bond donors (Lipinski definition) is 0. The van der Waals surface area contributed by atoms with Crippen LogP contribution in [0.2, 0.25) is 0 Å². The van der Waals surface area contributed by atoms with Crippen LogP contribution < -0.4 is 10.2 Å². The van der Waals surface area contributed by atoms with E-state index >= 15 is 0 Å². The van der Waals surface area contributed by atoms with Crippen LogP contribution in [0, 0.1) is 12.8 Å². The number of nitrogens with one attached hydrogen (secondary N) is 1. The van der Waals surface area contributed by atoms with Gasteiger partial charge in [0.1, 0.15) is 0 Å². The van der Waals surface area contributed by atoms with Gasteiger partial charge in [0.2, 0.25) is 0 Å². The Bertz CT molecular complexity index is 194. The number of rotatable bonds is 0. The predicted octanol–water partition coefficient (Wildman–Crippen LogP) is -0.199. The Morgan fingerprint density at radius 3 is 1.75 bits per heavy atom. The van der Waals surface area contributed by atoms with E-state index in [2.05, 4.69) is 42.4 Å². The van der Waals surface area contributed by atoms with Gasteiger partial charge >= 0.3 is 35.5 Å². The number of carboxylic acid groups (broad SMARTS) is 2. The first-order valence-corrected chi connectivity index (χ1v) is 11.0. The van der Waals surface area contributed by atoms with E-state index in [0.717, 1.165) is 6.42 Å². The summed E-state index contributed by atoms with van der Waals surface area (Å²) in [6.45, 7) is 3.89. The zero-order chi connectivity index (χ0) is 13.1. The van der Waals surface area contributed by atoms with E-state index in [1.165, 1.54) is 19.3 Å². The molecule has 0 bridgehead atoms. The van der Waals surface area contributed by atoms with E-state index in [-0.39, 0.29) is 6.04 Å². The zero-order valence-corrected chi connectivity index (χ0v) is 12.9. The summed E-state index contributed by atoms with van der Waals surface area (Å²) in [6, 6.07) is 0.142. The Kier molecular flexibility index (Phi) is 13.8. The minimum absolute atomic E-state index is 0.142. The van der Waals surface area contributed by atoms with Gasteiger partial charge in [-0.05, 0) is 0 Å². The molecular weight excluding hydrogens is 508 g/mol. The van der Waals surface area contributed by atoms with E-state index in [4.69, 9.17) is 25.5 Å². The second kappa shape index (κ2) is 11.8. The SMILES string of the molecule is O=C([O-])C(=O)[O-].[CH2-][C@@H]1CCCC[C@H]1[NH-].[I][Pt]. The number of carboxylic acids is 2. The van der Waals surface area contributed by atoms with Crippen LogP contribution in [-0.4, -0.2) is 18.0 Å². The molecule has 1 aliphatic rings. The van der Waals surface area contributed by atoms with Crippen molar-refractivity contribution >= 4 is 31.3 Å². The third kappa shape index (κ3) is 10.8. The van der Waals surface area contributed by atoms with Gasteiger partial charge in [0.15, 0.2) is 0 Å². The first-order chi connectivity index (χ1) is 7.45. The zero-order valence-electron chi connectivity index (χ0n) is 8.52. The van der Waals surface area contributed by atoms with Gasteiger partial charge < -0.3 is 32.5 Å². The van der Waals surface area contributed by atoms with Crippen LogP contribution in [0.4, 0.5) is 0 Å². The summed E-state index contributed by atoms with van der Waals surface area (Å²) < 4.78 is 0. The van der Waals surface area contributed by atoms with Crippen LogP contribution in [0.1, 0.15) is 25.7 Å². The summed E-state index contributed by atoms with van der Waals surface area (Å²) in [4.78, 5) is 17.9. The molecule has 0 aliphatic heterocycles. The molecule has 0 saturated heterocycles. The number of carbonyl (C=O) groups excluding carboxylic acids is 2. The van der Waals surface area contributed by atoms with Crippen LogP contribution in [0.3, 0.4) is 0 Å². The van der Waals surface area contributed by atoms with Crippen molar-refractivity contribution in [3.8, 4) is 0 Å². The van der Waals surface area contributed by atoms with Gasteiger partial charge in [0.25, 0.3) is 0 Å². The third-order valence-corrected chi connectivity index (χ3v) is 2.08. The van der Waals surface area contributed by atoms with Crippen LogP contribution in [0.5, 0.6) is 0 Å². The van der Waals surface area contributed by atoms with Crippen molar-refractivity contribution in [2.24, 2.45) is 5.92 Å². The maximum absolute atomic E-state index is 8.93. The van der Waals surface area contributed by atoms with Crippen molar-refractivity contribution in [1.82, 2.24) is 0 Å². The van der Waals surface area contributed by atoms with Crippen LogP contribution in [0.15, 0.2) is 0 Å². The molecule has 0 aromatic carbocycles. The maximum atomic E-state index is 8.93. The first kappa shape index (κ1) is 18.7. The number of aliphatic carboxylic acids is 2. The molecule has 0 aromatic rings. The fraction of sp³-hybridized carbons (Fsp3) is 0.667. The predicted molar refractivity (Wildman–Crippen MR) is 59.5 cm³/mol. The third-order valence-electron chi connectivity index (χ3n) is 2.08. The molecule has 16 heavy (non-hydrogen) atoms. The summed E-state index contributed by atoms with van der Waals surface area (Å²) in [5.41, 5.74) is 7.42. The van der Waals surface area contributed by atoms with Crippen molar-refractivity contribution in [2.75, 3.05) is 0 Å². The molecular formula is C9H13INO4Pt-4. The molecule has 0 amide bonds. The normalized spacial score (nSPS) is 23.1. The number of hydrogen-bond acceptors (Lipinski definition) is 4. The van der Waals surface area contributed by atoms with Crippen molar-refractivity contribution in [1.29, 1.82) is 0 Å². The molecule has 1 N–H and O–H groups in total. The fourth-order valence-corrected chi connectivity index (χ4v) is 1.21. The van der Waals surface area contributed by atoms with E-state index in [0.29, 0.717) is 5.92 Å². The summed E-state index contributed by atoms with van der Waals surface area (Å²) >= 11 is 4.23. The molecule has 0 unspecified atom stereocenters. The topological polar surface area (TPSA) is 104 Å². The average Bonchev–Trinajstić information content (AvgIpc) is 2.26. The van der Waals surface area contributed by atoms with Crippen LogP contribution >= 0.6 is 19.4 Å². The van der Waals surface area contributed by atoms with Gasteiger partial charge in [-0.15, -0.1) is 0 Å². The summed E-state index contributed by atoms with van der Waals surface area (Å²) in [5.74, 6) is -3.95. The average molecular weight is 521 g/mol. The molecule has 1 aliphatic carbocycles. The molecule has 1 fully saturated rings. The van der Waals surface area contributed by atoms with E-state index in [1.807, 2.05) is 0 Å². The molecule has 1 saturated carbocycles. The fourth-order valence-electron chi connectivity index (χ4n) is 1.21. The Labute approximate surface area is 117 Å². The molecule has 2 atom stereocenters. The van der Waals surface area contributed by atoms with Gasteiger partial charge in [0.05, 0.1) is 11.9 Å². The minimum atomic E-state index is -2.19. The molecule has 1 rings (SSSR count). The molecule has 99 valence electrons. The molecule has 0 spiro atoms.